The van der Waals surface area contributed by atoms with Crippen LogP contribution in [-0.4, -0.2) is 24.4 Å². The highest BCUT2D eigenvalue weighted by molar-refractivity contribution is 6.07. The smallest absolute Gasteiger partial charge is 0.243 e. The summed E-state index contributed by atoms with van der Waals surface area (Å²) in [7, 11) is 1.35. The number of benzene rings is 1. The van der Waals surface area contributed by atoms with E-state index in [2.05, 4.69) is 0 Å². The average molecular weight is 224 g/mol. The SMILES string of the molecule is [2H]c1c([2H])c([2H])c2c(c1[2H])N(C)C(=O)[C@]2(C)C[N+](=O)[O-]. The van der Waals surface area contributed by atoms with E-state index >= 15 is 0 Å². The van der Waals surface area contributed by atoms with E-state index in [-0.39, 0.29) is 17.3 Å². The van der Waals surface area contributed by atoms with Crippen LogP contribution in [0.2, 0.25) is 0 Å². The molecule has 1 heterocycles. The van der Waals surface area contributed by atoms with E-state index in [9.17, 15) is 14.9 Å². The first-order chi connectivity index (χ1) is 9.12. The molecule has 1 amide bonds. The van der Waals surface area contributed by atoms with E-state index < -0.39 is 40.9 Å². The first-order valence-electron chi connectivity index (χ1n) is 6.63. The maximum Gasteiger partial charge on any atom is 0.243 e. The average Bonchev–Trinajstić information content (AvgIpc) is 2.54. The molecule has 84 valence electrons. The molecule has 5 heteroatoms. The number of nitro groups is 1. The van der Waals surface area contributed by atoms with E-state index in [0.29, 0.717) is 0 Å². The monoisotopic (exact) mass is 224 g/mol. The molecule has 16 heavy (non-hydrogen) atoms. The van der Waals surface area contributed by atoms with Gasteiger partial charge in [-0.1, -0.05) is 18.1 Å². The molecule has 1 aromatic rings. The van der Waals surface area contributed by atoms with E-state index in [4.69, 9.17) is 5.48 Å². The summed E-state index contributed by atoms with van der Waals surface area (Å²) in [6.45, 7) is 0.617. The largest absolute Gasteiger partial charge is 0.314 e. The zero-order valence-electron chi connectivity index (χ0n) is 12.8. The van der Waals surface area contributed by atoms with Gasteiger partial charge in [-0.3, -0.25) is 14.9 Å². The van der Waals surface area contributed by atoms with Crippen LogP contribution in [-0.2, 0) is 10.2 Å². The Morgan fingerprint density at radius 2 is 2.19 bits per heavy atom. The molecule has 0 aromatic heterocycles. The van der Waals surface area contributed by atoms with Crippen molar-refractivity contribution in [1.82, 2.24) is 0 Å². The van der Waals surface area contributed by atoms with Crippen LogP contribution in [0.15, 0.2) is 24.2 Å². The van der Waals surface area contributed by atoms with Crippen molar-refractivity contribution in [1.29, 1.82) is 0 Å². The summed E-state index contributed by atoms with van der Waals surface area (Å²) < 4.78 is 31.0. The van der Waals surface area contributed by atoms with Crippen LogP contribution in [0.5, 0.6) is 0 Å². The predicted octanol–water partition coefficient (Wildman–Crippen LogP) is 1.20. The van der Waals surface area contributed by atoms with Gasteiger partial charge in [-0.15, -0.1) is 0 Å². The van der Waals surface area contributed by atoms with Gasteiger partial charge in [0.25, 0.3) is 0 Å². The third-order valence-corrected chi connectivity index (χ3v) is 2.78. The summed E-state index contributed by atoms with van der Waals surface area (Å²) in [5, 5.41) is 10.8. The molecule has 0 bridgehead atoms. The molecule has 0 radical (unpaired) electrons. The Morgan fingerprint density at radius 3 is 2.81 bits per heavy atom. The normalized spacial score (nSPS) is 26.9. The fraction of sp³-hybridized carbons (Fsp3) is 0.364. The van der Waals surface area contributed by atoms with Crippen molar-refractivity contribution >= 4 is 11.6 Å². The van der Waals surface area contributed by atoms with Gasteiger partial charge in [0.2, 0.25) is 12.5 Å². The Morgan fingerprint density at radius 1 is 1.56 bits per heavy atom. The number of nitrogens with zero attached hydrogens (tertiary/aromatic N) is 2. The minimum Gasteiger partial charge on any atom is -0.314 e. The zero-order valence-corrected chi connectivity index (χ0v) is 8.83. The Labute approximate surface area is 98.4 Å². The molecule has 1 aliphatic heterocycles. The summed E-state index contributed by atoms with van der Waals surface area (Å²) in [6, 6.07) is -1.71. The van der Waals surface area contributed by atoms with Crippen molar-refractivity contribution in [2.45, 2.75) is 12.3 Å². The molecular formula is C11H12N2O3. The van der Waals surface area contributed by atoms with Crippen LogP contribution in [0.4, 0.5) is 5.69 Å². The van der Waals surface area contributed by atoms with Gasteiger partial charge < -0.3 is 4.90 Å². The summed E-state index contributed by atoms with van der Waals surface area (Å²) in [5.41, 5.74) is -1.57. The summed E-state index contributed by atoms with van der Waals surface area (Å²) in [5.74, 6) is -0.601. The molecule has 0 saturated carbocycles. The van der Waals surface area contributed by atoms with Gasteiger partial charge in [0, 0.05) is 17.7 Å². The Kier molecular flexibility index (Phi) is 1.37. The van der Waals surface area contributed by atoms with Crippen molar-refractivity contribution < 1.29 is 15.2 Å². The lowest BCUT2D eigenvalue weighted by Gasteiger charge is -2.17. The fourth-order valence-electron chi connectivity index (χ4n) is 1.94. The highest BCUT2D eigenvalue weighted by Crippen LogP contribution is 2.40. The first kappa shape index (κ1) is 6.62. The molecular weight excluding hydrogens is 208 g/mol. The minimum atomic E-state index is -1.58. The minimum absolute atomic E-state index is 0.00676. The van der Waals surface area contributed by atoms with Crippen molar-refractivity contribution in [3.8, 4) is 0 Å². The van der Waals surface area contributed by atoms with Crippen molar-refractivity contribution in [2.75, 3.05) is 18.5 Å². The second-order valence-corrected chi connectivity index (χ2v) is 3.91. The lowest BCUT2D eigenvalue weighted by molar-refractivity contribution is -0.487. The fourth-order valence-corrected chi connectivity index (χ4v) is 1.94. The molecule has 2 rings (SSSR count). The molecule has 0 unspecified atom stereocenters. The van der Waals surface area contributed by atoms with Gasteiger partial charge in [-0.25, -0.2) is 0 Å². The second kappa shape index (κ2) is 3.30. The van der Waals surface area contributed by atoms with Crippen LogP contribution in [0.3, 0.4) is 0 Å². The van der Waals surface area contributed by atoms with Crippen LogP contribution in [0, 0.1) is 10.1 Å². The lowest BCUT2D eigenvalue weighted by atomic mass is 9.84. The van der Waals surface area contributed by atoms with Crippen molar-refractivity contribution in [3.05, 3.63) is 39.8 Å². The van der Waals surface area contributed by atoms with Gasteiger partial charge in [-0.05, 0) is 18.5 Å². The number of para-hydroxylation sites is 1. The number of likely N-dealkylation sites (N-methyl/N-ethyl adjacent to an activating group) is 1. The standard InChI is InChI=1S/C11H12N2O3/c1-11(7-13(15)16)8-5-3-4-6-9(8)12(2)10(11)14/h3-6H,7H2,1-2H3/t11-/m1/s1/i3D,4D,5D,6D. The van der Waals surface area contributed by atoms with E-state index in [1.807, 2.05) is 0 Å². The Hall–Kier alpha value is -1.91. The summed E-state index contributed by atoms with van der Waals surface area (Å²) >= 11 is 0. The van der Waals surface area contributed by atoms with Gasteiger partial charge in [-0.2, -0.15) is 0 Å². The molecule has 0 spiro atoms. The number of carbonyl (C=O) groups is 1. The number of hydrogen-bond donors (Lipinski definition) is 0. The molecule has 1 aliphatic rings. The third kappa shape index (κ3) is 1.28. The van der Waals surface area contributed by atoms with Gasteiger partial charge in [0.15, 0.2) is 0 Å². The molecule has 0 aliphatic carbocycles. The predicted molar refractivity (Wildman–Crippen MR) is 59.1 cm³/mol. The molecule has 1 atom stereocenters. The number of fused-ring (bicyclic) bond motifs is 1. The van der Waals surface area contributed by atoms with Crippen LogP contribution in [0.1, 0.15) is 18.0 Å². The molecule has 0 saturated heterocycles. The highest BCUT2D eigenvalue weighted by atomic mass is 16.6. The van der Waals surface area contributed by atoms with E-state index in [0.717, 1.165) is 4.90 Å². The van der Waals surface area contributed by atoms with Gasteiger partial charge in [0.05, 0.1) is 5.48 Å². The molecule has 0 N–H and O–H groups in total. The maximum atomic E-state index is 12.3. The van der Waals surface area contributed by atoms with Crippen LogP contribution >= 0.6 is 0 Å². The number of rotatable bonds is 2. The Balaban J connectivity index is 2.85. The summed E-state index contributed by atoms with van der Waals surface area (Å²) in [4.78, 5) is 23.5. The molecule has 0 fully saturated rings. The third-order valence-electron chi connectivity index (χ3n) is 2.78. The molecule has 5 nitrogen and oxygen atoms in total. The molecule has 1 aromatic carbocycles. The topological polar surface area (TPSA) is 63.5 Å². The maximum absolute atomic E-state index is 12.3. The Bertz CT molecular complexity index is 649. The van der Waals surface area contributed by atoms with Crippen molar-refractivity contribution in [3.63, 3.8) is 0 Å². The quantitative estimate of drug-likeness (QED) is 0.560. The number of hydrogen-bond acceptors (Lipinski definition) is 3. The van der Waals surface area contributed by atoms with E-state index in [1.165, 1.54) is 14.0 Å². The van der Waals surface area contributed by atoms with Gasteiger partial charge in [0.1, 0.15) is 5.41 Å². The van der Waals surface area contributed by atoms with Gasteiger partial charge >= 0.3 is 0 Å². The number of carbonyl (C=O) groups excluding carboxylic acids is 1. The first-order valence-corrected chi connectivity index (χ1v) is 4.63. The highest BCUT2D eigenvalue weighted by Gasteiger charge is 2.49. The summed E-state index contributed by atoms with van der Waals surface area (Å²) in [6.07, 6.45) is 0. The van der Waals surface area contributed by atoms with Crippen molar-refractivity contribution in [2.24, 2.45) is 0 Å². The lowest BCUT2D eigenvalue weighted by Crippen LogP contribution is -2.41. The van der Waals surface area contributed by atoms with Crippen LogP contribution < -0.4 is 4.90 Å². The number of amides is 1. The zero-order chi connectivity index (χ0) is 15.4. The van der Waals surface area contributed by atoms with Crippen LogP contribution in [0.25, 0.3) is 0 Å². The number of anilines is 1. The second-order valence-electron chi connectivity index (χ2n) is 3.91. The van der Waals surface area contributed by atoms with E-state index in [1.54, 1.807) is 0 Å².